The van der Waals surface area contributed by atoms with E-state index in [1.54, 1.807) is 0 Å². The zero-order chi connectivity index (χ0) is 15.0. The van der Waals surface area contributed by atoms with Gasteiger partial charge in [-0.1, -0.05) is 20.3 Å². The summed E-state index contributed by atoms with van der Waals surface area (Å²) in [5.74, 6) is 1.68. The van der Waals surface area contributed by atoms with E-state index >= 15 is 0 Å². The molecule has 3 rings (SSSR count). The third-order valence-electron chi connectivity index (χ3n) is 6.17. The van der Waals surface area contributed by atoms with E-state index in [4.69, 9.17) is 0 Å². The lowest BCUT2D eigenvalue weighted by atomic mass is 9.88. The normalized spacial score (nSPS) is 34.5. The predicted molar refractivity (Wildman–Crippen MR) is 86.1 cm³/mol. The number of amides is 1. The predicted octanol–water partition coefficient (Wildman–Crippen LogP) is 3.33. The van der Waals surface area contributed by atoms with Crippen LogP contribution < -0.4 is 5.32 Å². The molecular weight excluding hydrogens is 260 g/mol. The topological polar surface area (TPSA) is 32.3 Å². The van der Waals surface area contributed by atoms with Crippen molar-refractivity contribution >= 4 is 5.91 Å². The van der Waals surface area contributed by atoms with Gasteiger partial charge in [0.25, 0.3) is 0 Å². The number of hydrogen-bond acceptors (Lipinski definition) is 2. The summed E-state index contributed by atoms with van der Waals surface area (Å²) >= 11 is 0. The molecule has 1 N–H and O–H groups in total. The van der Waals surface area contributed by atoms with E-state index in [0.29, 0.717) is 41.9 Å². The van der Waals surface area contributed by atoms with Crippen LogP contribution in [0.2, 0.25) is 0 Å². The zero-order valence-corrected chi connectivity index (χ0v) is 14.0. The van der Waals surface area contributed by atoms with E-state index in [9.17, 15) is 4.79 Å². The molecule has 120 valence electrons. The molecule has 0 aromatic carbocycles. The number of hydrogen-bond donors (Lipinski definition) is 1. The molecule has 3 aliphatic rings. The molecular formula is C18H32N2O. The molecule has 2 aliphatic heterocycles. The molecule has 1 aliphatic carbocycles. The Labute approximate surface area is 129 Å². The summed E-state index contributed by atoms with van der Waals surface area (Å²) in [5.41, 5.74) is 0. The average Bonchev–Trinajstić information content (AvgIpc) is 3.23. The van der Waals surface area contributed by atoms with Gasteiger partial charge in [0.1, 0.15) is 0 Å². The Bertz CT molecular complexity index is 367. The van der Waals surface area contributed by atoms with Crippen LogP contribution in [0.4, 0.5) is 0 Å². The highest BCUT2D eigenvalue weighted by Crippen LogP contribution is 2.36. The van der Waals surface area contributed by atoms with E-state index in [2.05, 4.69) is 31.0 Å². The first kappa shape index (κ1) is 15.3. The molecule has 2 bridgehead atoms. The first-order valence-electron chi connectivity index (χ1n) is 9.15. The van der Waals surface area contributed by atoms with E-state index in [-0.39, 0.29) is 0 Å². The highest BCUT2D eigenvalue weighted by Gasteiger charge is 2.39. The Balaban J connectivity index is 1.59. The molecule has 0 spiro atoms. The molecule has 2 saturated heterocycles. The molecule has 1 amide bonds. The van der Waals surface area contributed by atoms with Gasteiger partial charge in [-0.3, -0.25) is 4.79 Å². The first-order valence-corrected chi connectivity index (χ1v) is 9.15. The summed E-state index contributed by atoms with van der Waals surface area (Å²) in [7, 11) is 0. The quantitative estimate of drug-likeness (QED) is 0.814. The summed E-state index contributed by atoms with van der Waals surface area (Å²) in [4.78, 5) is 15.2. The molecule has 3 nitrogen and oxygen atoms in total. The number of piperidine rings is 1. The monoisotopic (exact) mass is 292 g/mol. The highest BCUT2D eigenvalue weighted by atomic mass is 16.2. The highest BCUT2D eigenvalue weighted by molar-refractivity contribution is 5.77. The summed E-state index contributed by atoms with van der Waals surface area (Å²) in [6.07, 6.45) is 9.50. The summed E-state index contributed by atoms with van der Waals surface area (Å²) < 4.78 is 0. The van der Waals surface area contributed by atoms with Crippen molar-refractivity contribution < 1.29 is 4.79 Å². The minimum Gasteiger partial charge on any atom is -0.337 e. The van der Waals surface area contributed by atoms with Gasteiger partial charge >= 0.3 is 0 Å². The first-order chi connectivity index (χ1) is 10.1. The van der Waals surface area contributed by atoms with Crippen molar-refractivity contribution in [1.82, 2.24) is 10.2 Å². The molecule has 2 heterocycles. The minimum absolute atomic E-state index is 0.411. The second-order valence-corrected chi connectivity index (χ2v) is 7.84. The van der Waals surface area contributed by atoms with Crippen molar-refractivity contribution in [2.24, 2.45) is 11.8 Å². The van der Waals surface area contributed by atoms with Gasteiger partial charge in [-0.05, 0) is 57.3 Å². The van der Waals surface area contributed by atoms with Gasteiger partial charge in [-0.25, -0.2) is 0 Å². The maximum atomic E-state index is 12.9. The molecule has 0 radical (unpaired) electrons. The Morgan fingerprint density at radius 1 is 1.14 bits per heavy atom. The molecule has 21 heavy (non-hydrogen) atoms. The van der Waals surface area contributed by atoms with Crippen molar-refractivity contribution in [3.05, 3.63) is 0 Å². The molecule has 3 fully saturated rings. The van der Waals surface area contributed by atoms with E-state index in [1.165, 1.54) is 38.5 Å². The molecule has 4 unspecified atom stereocenters. The van der Waals surface area contributed by atoms with Gasteiger partial charge in [-0.2, -0.15) is 0 Å². The third-order valence-corrected chi connectivity index (χ3v) is 6.17. The van der Waals surface area contributed by atoms with Crippen LogP contribution in [0, 0.1) is 11.8 Å². The van der Waals surface area contributed by atoms with E-state index in [1.807, 2.05) is 0 Å². The van der Waals surface area contributed by atoms with Crippen LogP contribution >= 0.6 is 0 Å². The SMILES string of the molecule is CCC(C)C(C)N(C(=O)CC1CC2CCC(C1)N2)C1CC1. The second-order valence-electron chi connectivity index (χ2n) is 7.84. The summed E-state index contributed by atoms with van der Waals surface area (Å²) in [6.45, 7) is 6.79. The van der Waals surface area contributed by atoms with Gasteiger partial charge < -0.3 is 10.2 Å². The van der Waals surface area contributed by atoms with Gasteiger partial charge in [-0.15, -0.1) is 0 Å². The van der Waals surface area contributed by atoms with Gasteiger partial charge in [0.05, 0.1) is 0 Å². The number of nitrogens with zero attached hydrogens (tertiary/aromatic N) is 1. The number of rotatable bonds is 6. The molecule has 4 atom stereocenters. The van der Waals surface area contributed by atoms with Crippen LogP contribution in [0.15, 0.2) is 0 Å². The number of carbonyl (C=O) groups is 1. The van der Waals surface area contributed by atoms with Crippen LogP contribution in [-0.4, -0.2) is 35.0 Å². The summed E-state index contributed by atoms with van der Waals surface area (Å²) in [6, 6.07) is 2.36. The van der Waals surface area contributed by atoms with Crippen molar-refractivity contribution in [2.75, 3.05) is 0 Å². The Hall–Kier alpha value is -0.570. The van der Waals surface area contributed by atoms with Crippen LogP contribution in [0.3, 0.4) is 0 Å². The smallest absolute Gasteiger partial charge is 0.223 e. The fraction of sp³-hybridized carbons (Fsp3) is 0.944. The van der Waals surface area contributed by atoms with Gasteiger partial charge in [0, 0.05) is 30.6 Å². The fourth-order valence-corrected chi connectivity index (χ4v) is 4.43. The van der Waals surface area contributed by atoms with E-state index in [0.717, 1.165) is 12.8 Å². The Morgan fingerprint density at radius 3 is 2.29 bits per heavy atom. The summed E-state index contributed by atoms with van der Waals surface area (Å²) in [5, 5.41) is 3.68. The van der Waals surface area contributed by atoms with Crippen molar-refractivity contribution in [3.63, 3.8) is 0 Å². The third kappa shape index (κ3) is 3.44. The maximum absolute atomic E-state index is 12.9. The molecule has 1 saturated carbocycles. The Kier molecular flexibility index (Phi) is 4.58. The van der Waals surface area contributed by atoms with Gasteiger partial charge in [0.15, 0.2) is 0 Å². The Morgan fingerprint density at radius 2 is 1.76 bits per heavy atom. The minimum atomic E-state index is 0.411. The number of carbonyl (C=O) groups excluding carboxylic acids is 1. The van der Waals surface area contributed by atoms with E-state index < -0.39 is 0 Å². The lowest BCUT2D eigenvalue weighted by molar-refractivity contribution is -0.136. The number of fused-ring (bicyclic) bond motifs is 2. The zero-order valence-electron chi connectivity index (χ0n) is 14.0. The largest absolute Gasteiger partial charge is 0.337 e. The molecule has 3 heteroatoms. The second kappa shape index (κ2) is 6.28. The van der Waals surface area contributed by atoms with Crippen LogP contribution in [0.5, 0.6) is 0 Å². The fourth-order valence-electron chi connectivity index (χ4n) is 4.43. The van der Waals surface area contributed by atoms with Crippen molar-refractivity contribution in [1.29, 1.82) is 0 Å². The van der Waals surface area contributed by atoms with Crippen LogP contribution in [0.1, 0.15) is 72.1 Å². The standard InChI is InChI=1S/C18H32N2O/c1-4-12(2)13(3)20(17-7-8-17)18(21)11-14-9-15-5-6-16(10-14)19-15/h12-17,19H,4-11H2,1-3H3. The van der Waals surface area contributed by atoms with Crippen LogP contribution in [-0.2, 0) is 4.79 Å². The lowest BCUT2D eigenvalue weighted by Gasteiger charge is -2.36. The maximum Gasteiger partial charge on any atom is 0.223 e. The molecule has 0 aromatic heterocycles. The lowest BCUT2D eigenvalue weighted by Crippen LogP contribution is -2.45. The molecule has 0 aromatic rings. The van der Waals surface area contributed by atoms with Gasteiger partial charge in [0.2, 0.25) is 5.91 Å². The van der Waals surface area contributed by atoms with Crippen molar-refractivity contribution in [3.8, 4) is 0 Å². The number of nitrogens with one attached hydrogen (secondary N) is 1. The van der Waals surface area contributed by atoms with Crippen molar-refractivity contribution in [2.45, 2.75) is 96.3 Å². The van der Waals surface area contributed by atoms with Crippen LogP contribution in [0.25, 0.3) is 0 Å². The average molecular weight is 292 g/mol.